The summed E-state index contributed by atoms with van der Waals surface area (Å²) in [6.45, 7) is 2.19. The van der Waals surface area contributed by atoms with E-state index in [0.29, 0.717) is 6.10 Å². The number of hydrogen-bond acceptors (Lipinski definition) is 2. The van der Waals surface area contributed by atoms with Crippen LogP contribution in [0.3, 0.4) is 0 Å². The van der Waals surface area contributed by atoms with Crippen LogP contribution >= 0.6 is 0 Å². The van der Waals surface area contributed by atoms with Gasteiger partial charge in [0.05, 0.1) is 12.1 Å². The Labute approximate surface area is 116 Å². The molecule has 0 aliphatic heterocycles. The third-order valence-electron chi connectivity index (χ3n) is 4.59. The molecule has 1 atom stereocenters. The first kappa shape index (κ1) is 13.1. The van der Waals surface area contributed by atoms with Gasteiger partial charge < -0.3 is 0 Å². The van der Waals surface area contributed by atoms with Gasteiger partial charge in [-0.3, -0.25) is 4.84 Å². The Kier molecular flexibility index (Phi) is 4.19. The van der Waals surface area contributed by atoms with Crippen LogP contribution in [-0.4, -0.2) is 6.10 Å². The molecular formula is C17H25NO. The molecule has 2 aliphatic carbocycles. The Balaban J connectivity index is 1.60. The van der Waals surface area contributed by atoms with E-state index in [1.807, 2.05) is 0 Å². The highest BCUT2D eigenvalue weighted by Gasteiger charge is 2.17. The van der Waals surface area contributed by atoms with Crippen molar-refractivity contribution in [1.29, 1.82) is 0 Å². The molecule has 1 aromatic rings. The topological polar surface area (TPSA) is 21.3 Å². The zero-order valence-corrected chi connectivity index (χ0v) is 12.0. The van der Waals surface area contributed by atoms with Crippen LogP contribution in [0.4, 0.5) is 0 Å². The number of benzene rings is 1. The molecular weight excluding hydrogens is 234 g/mol. The molecule has 1 unspecified atom stereocenters. The van der Waals surface area contributed by atoms with Gasteiger partial charge in [-0.2, -0.15) is 5.48 Å². The molecule has 1 saturated carbocycles. The van der Waals surface area contributed by atoms with E-state index in [9.17, 15) is 0 Å². The standard InChI is InChI=1S/C17H25NO/c1-13(18-19-17-8-4-5-9-17)15-11-10-14-6-2-3-7-16(14)12-15/h10-13,17-18H,2-9H2,1H3. The quantitative estimate of drug-likeness (QED) is 0.822. The zero-order chi connectivity index (χ0) is 13.1. The van der Waals surface area contributed by atoms with Gasteiger partial charge >= 0.3 is 0 Å². The Bertz CT molecular complexity index is 423. The van der Waals surface area contributed by atoms with Crippen molar-refractivity contribution < 1.29 is 4.84 Å². The van der Waals surface area contributed by atoms with Gasteiger partial charge in [0.15, 0.2) is 0 Å². The molecule has 0 saturated heterocycles. The average molecular weight is 259 g/mol. The minimum atomic E-state index is 0.285. The Hall–Kier alpha value is -0.860. The molecule has 2 nitrogen and oxygen atoms in total. The Morgan fingerprint density at radius 3 is 2.58 bits per heavy atom. The van der Waals surface area contributed by atoms with Gasteiger partial charge in [0.1, 0.15) is 0 Å². The molecule has 0 heterocycles. The molecule has 2 heteroatoms. The molecule has 19 heavy (non-hydrogen) atoms. The third kappa shape index (κ3) is 3.18. The second-order valence-electron chi connectivity index (χ2n) is 6.10. The molecule has 104 valence electrons. The van der Waals surface area contributed by atoms with Crippen LogP contribution in [0, 0.1) is 0 Å². The highest BCUT2D eigenvalue weighted by atomic mass is 16.7. The highest BCUT2D eigenvalue weighted by Crippen LogP contribution is 2.25. The summed E-state index contributed by atoms with van der Waals surface area (Å²) in [6.07, 6.45) is 10.7. The van der Waals surface area contributed by atoms with Crippen molar-refractivity contribution in [1.82, 2.24) is 5.48 Å². The summed E-state index contributed by atoms with van der Waals surface area (Å²) in [5, 5.41) is 0. The molecule has 1 fully saturated rings. The van der Waals surface area contributed by atoms with Gasteiger partial charge in [-0.15, -0.1) is 0 Å². The van der Waals surface area contributed by atoms with Crippen LogP contribution < -0.4 is 5.48 Å². The summed E-state index contributed by atoms with van der Waals surface area (Å²) in [6, 6.07) is 7.24. The second-order valence-corrected chi connectivity index (χ2v) is 6.10. The van der Waals surface area contributed by atoms with Crippen LogP contribution in [0.1, 0.15) is 68.2 Å². The summed E-state index contributed by atoms with van der Waals surface area (Å²) < 4.78 is 0. The van der Waals surface area contributed by atoms with E-state index < -0.39 is 0 Å². The van der Waals surface area contributed by atoms with E-state index in [2.05, 4.69) is 30.6 Å². The Morgan fingerprint density at radius 2 is 1.79 bits per heavy atom. The normalized spacial score (nSPS) is 21.3. The number of rotatable bonds is 4. The van der Waals surface area contributed by atoms with E-state index in [0.717, 1.165) is 0 Å². The highest BCUT2D eigenvalue weighted by molar-refractivity contribution is 5.34. The lowest BCUT2D eigenvalue weighted by Crippen LogP contribution is -2.25. The number of aryl methyl sites for hydroxylation is 2. The molecule has 1 N–H and O–H groups in total. The third-order valence-corrected chi connectivity index (χ3v) is 4.59. The maximum atomic E-state index is 5.81. The number of hydrogen-bond donors (Lipinski definition) is 1. The second kappa shape index (κ2) is 6.06. The first-order chi connectivity index (χ1) is 9.33. The molecule has 0 amide bonds. The van der Waals surface area contributed by atoms with Gasteiger partial charge in [-0.05, 0) is 62.1 Å². The van der Waals surface area contributed by atoms with Gasteiger partial charge in [0.25, 0.3) is 0 Å². The van der Waals surface area contributed by atoms with Crippen molar-refractivity contribution in [2.75, 3.05) is 0 Å². The lowest BCUT2D eigenvalue weighted by molar-refractivity contribution is -0.0376. The summed E-state index contributed by atoms with van der Waals surface area (Å²) in [5.41, 5.74) is 7.72. The fourth-order valence-corrected chi connectivity index (χ4v) is 3.30. The maximum absolute atomic E-state index is 5.81. The molecule has 2 aliphatic rings. The smallest absolute Gasteiger partial charge is 0.0790 e. The minimum absolute atomic E-state index is 0.285. The van der Waals surface area contributed by atoms with Gasteiger partial charge in [0, 0.05) is 0 Å². The van der Waals surface area contributed by atoms with Crippen molar-refractivity contribution in [3.05, 3.63) is 34.9 Å². The predicted molar refractivity (Wildman–Crippen MR) is 78.0 cm³/mol. The van der Waals surface area contributed by atoms with Gasteiger partial charge in [-0.25, -0.2) is 0 Å². The molecule has 1 aromatic carbocycles. The van der Waals surface area contributed by atoms with E-state index in [1.165, 1.54) is 56.9 Å². The lowest BCUT2D eigenvalue weighted by Gasteiger charge is -2.21. The SMILES string of the molecule is CC(NOC1CCCC1)c1ccc2c(c1)CCCC2. The van der Waals surface area contributed by atoms with Crippen LogP contribution in [0.5, 0.6) is 0 Å². The minimum Gasteiger partial charge on any atom is -0.298 e. The average Bonchev–Trinajstić information content (AvgIpc) is 2.97. The largest absolute Gasteiger partial charge is 0.298 e. The van der Waals surface area contributed by atoms with Crippen molar-refractivity contribution in [3.8, 4) is 0 Å². The van der Waals surface area contributed by atoms with Crippen molar-refractivity contribution in [2.24, 2.45) is 0 Å². The van der Waals surface area contributed by atoms with Crippen LogP contribution in [-0.2, 0) is 17.7 Å². The van der Waals surface area contributed by atoms with E-state index in [-0.39, 0.29) is 6.04 Å². The predicted octanol–water partition coefficient (Wildman–Crippen LogP) is 4.09. The fraction of sp³-hybridized carbons (Fsp3) is 0.647. The lowest BCUT2D eigenvalue weighted by atomic mass is 9.89. The monoisotopic (exact) mass is 259 g/mol. The number of hydroxylamine groups is 1. The van der Waals surface area contributed by atoms with Crippen molar-refractivity contribution in [2.45, 2.75) is 70.4 Å². The number of fused-ring (bicyclic) bond motifs is 1. The summed E-state index contributed by atoms with van der Waals surface area (Å²) >= 11 is 0. The molecule has 0 spiro atoms. The summed E-state index contributed by atoms with van der Waals surface area (Å²) in [7, 11) is 0. The molecule has 0 radical (unpaired) electrons. The fourth-order valence-electron chi connectivity index (χ4n) is 3.30. The van der Waals surface area contributed by atoms with E-state index >= 15 is 0 Å². The van der Waals surface area contributed by atoms with Crippen molar-refractivity contribution >= 4 is 0 Å². The molecule has 0 aromatic heterocycles. The van der Waals surface area contributed by atoms with Crippen LogP contribution in [0.2, 0.25) is 0 Å². The van der Waals surface area contributed by atoms with Crippen LogP contribution in [0.15, 0.2) is 18.2 Å². The Morgan fingerprint density at radius 1 is 1.05 bits per heavy atom. The molecule has 0 bridgehead atoms. The number of nitrogens with one attached hydrogen (secondary N) is 1. The summed E-state index contributed by atoms with van der Waals surface area (Å²) in [4.78, 5) is 5.81. The zero-order valence-electron chi connectivity index (χ0n) is 12.0. The first-order valence-electron chi connectivity index (χ1n) is 7.86. The van der Waals surface area contributed by atoms with Gasteiger partial charge in [-0.1, -0.05) is 31.0 Å². The van der Waals surface area contributed by atoms with Crippen molar-refractivity contribution in [3.63, 3.8) is 0 Å². The summed E-state index contributed by atoms with van der Waals surface area (Å²) in [5.74, 6) is 0. The van der Waals surface area contributed by atoms with E-state index in [1.54, 1.807) is 11.1 Å². The maximum Gasteiger partial charge on any atom is 0.0790 e. The van der Waals surface area contributed by atoms with Crippen LogP contribution in [0.25, 0.3) is 0 Å². The first-order valence-corrected chi connectivity index (χ1v) is 7.86. The van der Waals surface area contributed by atoms with Gasteiger partial charge in [0.2, 0.25) is 0 Å². The van der Waals surface area contributed by atoms with E-state index in [4.69, 9.17) is 4.84 Å². The molecule has 3 rings (SSSR count).